The molecule has 1 amide bonds. The Balaban J connectivity index is 1.41. The summed E-state index contributed by atoms with van der Waals surface area (Å²) in [7, 11) is 3.89. The van der Waals surface area contributed by atoms with Crippen molar-refractivity contribution in [3.05, 3.63) is 48.3 Å². The molecule has 18 nitrogen and oxygen atoms in total. The van der Waals surface area contributed by atoms with Crippen LogP contribution in [0.1, 0.15) is 81.6 Å². The van der Waals surface area contributed by atoms with E-state index in [9.17, 15) is 14.4 Å². The van der Waals surface area contributed by atoms with Gasteiger partial charge < -0.3 is 48.7 Å². The molecule has 354 valence electrons. The number of aromatic nitrogens is 5. The zero-order valence-corrected chi connectivity index (χ0v) is 39.4. The van der Waals surface area contributed by atoms with Gasteiger partial charge in [-0.25, -0.2) is 9.48 Å². The largest absolute Gasteiger partial charge is 0.458 e. The Bertz CT molecular complexity index is 1970. The SMILES string of the molecule is C=C1COC2[C@@H](C)C(=O)O[C@H](CC)[C@@]3(C)OC(=O)NC3[C@@H](C)/C(=C/CNCCn3nnnc3-c3cccnc3)[C@H](C)C[C@@](C)(OC1)[C@H](OC1O[C@H](C)C[C@H](N(C)C)[C@H]1OC(C)=O)[C@H]2C. The molecule has 0 radical (unpaired) electrons. The van der Waals surface area contributed by atoms with E-state index >= 15 is 0 Å². The first kappa shape index (κ1) is 49.1. The van der Waals surface area contributed by atoms with Gasteiger partial charge in [-0.05, 0) is 95.1 Å². The monoisotopic (exact) mass is 895 g/mol. The number of hydrogen-bond donors (Lipinski definition) is 2. The van der Waals surface area contributed by atoms with Crippen LogP contribution in [-0.2, 0) is 49.3 Å². The second-order valence-electron chi connectivity index (χ2n) is 18.8. The Morgan fingerprint density at radius 3 is 2.59 bits per heavy atom. The quantitative estimate of drug-likeness (QED) is 0.138. The molecule has 0 spiro atoms. The highest BCUT2D eigenvalue weighted by atomic mass is 16.7. The summed E-state index contributed by atoms with van der Waals surface area (Å²) in [6.07, 6.45) is 2.17. The van der Waals surface area contributed by atoms with Gasteiger partial charge in [-0.2, -0.15) is 0 Å². The first-order chi connectivity index (χ1) is 30.4. The summed E-state index contributed by atoms with van der Waals surface area (Å²) in [6.45, 7) is 23.3. The third kappa shape index (κ3) is 10.8. The molecular formula is C46H70N8O10. The van der Waals surface area contributed by atoms with Crippen LogP contribution >= 0.6 is 0 Å². The Kier molecular flexibility index (Phi) is 16.0. The molecule has 14 atom stereocenters. The van der Waals surface area contributed by atoms with Gasteiger partial charge in [0.25, 0.3) is 0 Å². The minimum atomic E-state index is -1.21. The highest BCUT2D eigenvalue weighted by Crippen LogP contribution is 2.44. The number of esters is 2. The average molecular weight is 895 g/mol. The number of pyridine rings is 1. The van der Waals surface area contributed by atoms with Crippen LogP contribution in [0, 0.1) is 23.7 Å². The first-order valence-corrected chi connectivity index (χ1v) is 22.7. The van der Waals surface area contributed by atoms with Crippen molar-refractivity contribution in [3.8, 4) is 11.4 Å². The number of likely N-dealkylation sites (N-methyl/N-ethyl adjacent to an activating group) is 1. The molecule has 2 aromatic heterocycles. The second-order valence-corrected chi connectivity index (χ2v) is 18.8. The standard InChI is InChI=1S/C46H70N8O10/c1-13-36-46(10)39(49-44(57)64-46)29(5)34(16-18-47-19-20-54-41(50-51-52-54)33-15-14-17-48-23-33)27(3)22-45(9)40(30(6)37(31(7)42(56)62-36)58-24-26(2)25-59-45)63-43-38(61-32(8)55)35(53(11)12)21-28(4)60-43/h14-17,23,27-31,35-40,43,47H,2,13,18-22,24-25H2,1,3-12H3,(H,49,57)/b34-16+/t27-,28-,29+,30+,31-,35+,36-,37?,38-,39?,40-,43?,45-,46-/m1/s1. The number of amides is 1. The number of cyclic esters (lactones) is 1. The lowest BCUT2D eigenvalue weighted by Gasteiger charge is -2.49. The third-order valence-electron chi connectivity index (χ3n) is 13.6. The fourth-order valence-electron chi connectivity index (χ4n) is 10.4. The number of nitrogens with one attached hydrogen (secondary N) is 2. The van der Waals surface area contributed by atoms with Crippen LogP contribution < -0.4 is 10.6 Å². The first-order valence-electron chi connectivity index (χ1n) is 22.7. The van der Waals surface area contributed by atoms with Crippen molar-refractivity contribution in [3.63, 3.8) is 0 Å². The molecule has 2 bridgehead atoms. The highest BCUT2D eigenvalue weighted by Gasteiger charge is 2.57. The van der Waals surface area contributed by atoms with E-state index in [1.54, 1.807) is 24.0 Å². The normalized spacial score (nSPS) is 37.1. The van der Waals surface area contributed by atoms with Crippen molar-refractivity contribution in [2.45, 2.75) is 148 Å². The van der Waals surface area contributed by atoms with Crippen LogP contribution in [0.15, 0.2) is 48.3 Å². The van der Waals surface area contributed by atoms with Gasteiger partial charge in [0, 0.05) is 49.8 Å². The Morgan fingerprint density at radius 2 is 1.91 bits per heavy atom. The smallest absolute Gasteiger partial charge is 0.408 e. The summed E-state index contributed by atoms with van der Waals surface area (Å²) in [4.78, 5) is 46.7. The van der Waals surface area contributed by atoms with Crippen molar-refractivity contribution in [2.75, 3.05) is 40.4 Å². The number of hydrogen-bond acceptors (Lipinski definition) is 16. The van der Waals surface area contributed by atoms with Crippen molar-refractivity contribution in [2.24, 2.45) is 23.7 Å². The number of tetrazole rings is 1. The predicted molar refractivity (Wildman–Crippen MR) is 235 cm³/mol. The van der Waals surface area contributed by atoms with E-state index in [1.165, 1.54) is 6.92 Å². The van der Waals surface area contributed by atoms with Crippen molar-refractivity contribution >= 4 is 18.0 Å². The second kappa shape index (κ2) is 20.9. The van der Waals surface area contributed by atoms with E-state index in [4.69, 9.17) is 33.2 Å². The van der Waals surface area contributed by atoms with Gasteiger partial charge in [0.15, 0.2) is 23.8 Å². The van der Waals surface area contributed by atoms with Crippen molar-refractivity contribution < 1.29 is 47.5 Å². The summed E-state index contributed by atoms with van der Waals surface area (Å²) in [5.74, 6) is -2.13. The van der Waals surface area contributed by atoms with E-state index in [2.05, 4.69) is 57.6 Å². The van der Waals surface area contributed by atoms with Crippen LogP contribution in [0.3, 0.4) is 0 Å². The van der Waals surface area contributed by atoms with Gasteiger partial charge >= 0.3 is 18.0 Å². The topological polar surface area (TPSA) is 200 Å². The Morgan fingerprint density at radius 1 is 1.14 bits per heavy atom. The summed E-state index contributed by atoms with van der Waals surface area (Å²) >= 11 is 0. The fourth-order valence-corrected chi connectivity index (χ4v) is 10.4. The zero-order valence-electron chi connectivity index (χ0n) is 39.4. The minimum Gasteiger partial charge on any atom is -0.458 e. The lowest BCUT2D eigenvalue weighted by atomic mass is 9.71. The molecule has 0 aromatic carbocycles. The molecule has 6 rings (SSSR count). The number of rotatable bonds is 11. The van der Waals surface area contributed by atoms with Crippen LogP contribution in [0.5, 0.6) is 0 Å². The summed E-state index contributed by atoms with van der Waals surface area (Å²) in [6, 6.07) is 2.98. The lowest BCUT2D eigenvalue weighted by Crippen LogP contribution is -2.61. The lowest BCUT2D eigenvalue weighted by molar-refractivity contribution is -0.304. The fraction of sp³-hybridized carbons (Fsp3) is 0.717. The number of fused-ring (bicyclic) bond motifs is 4. The number of carbonyl (C=O) groups excluding carboxylic acids is 3. The molecule has 4 saturated heterocycles. The van der Waals surface area contributed by atoms with Gasteiger partial charge in [0.2, 0.25) is 0 Å². The van der Waals surface area contributed by atoms with Gasteiger partial charge in [-0.1, -0.05) is 45.9 Å². The van der Waals surface area contributed by atoms with Crippen LogP contribution in [0.25, 0.3) is 11.4 Å². The maximum Gasteiger partial charge on any atom is 0.408 e. The molecule has 64 heavy (non-hydrogen) atoms. The van der Waals surface area contributed by atoms with Crippen LogP contribution in [-0.4, -0.2) is 149 Å². The Hall–Kier alpha value is -4.33. The van der Waals surface area contributed by atoms with Gasteiger partial charge in [0.1, 0.15) is 6.10 Å². The maximum atomic E-state index is 14.5. The van der Waals surface area contributed by atoms with Crippen molar-refractivity contribution in [1.29, 1.82) is 0 Å². The average Bonchev–Trinajstić information content (AvgIpc) is 3.85. The van der Waals surface area contributed by atoms with E-state index in [-0.39, 0.29) is 37.2 Å². The summed E-state index contributed by atoms with van der Waals surface area (Å²) in [5.41, 5.74) is 0.255. The minimum absolute atomic E-state index is 0.140. The van der Waals surface area contributed by atoms with Crippen LogP contribution in [0.4, 0.5) is 4.79 Å². The number of nitrogens with zero attached hydrogens (tertiary/aromatic N) is 6. The number of alkyl carbamates (subject to hydrolysis) is 1. The zero-order chi connectivity index (χ0) is 46.5. The van der Waals surface area contributed by atoms with Gasteiger partial charge in [-0.15, -0.1) is 5.10 Å². The predicted octanol–water partition coefficient (Wildman–Crippen LogP) is 4.50. The molecule has 0 saturated carbocycles. The third-order valence-corrected chi connectivity index (χ3v) is 13.6. The van der Waals surface area contributed by atoms with Crippen molar-refractivity contribution in [1.82, 2.24) is 40.7 Å². The van der Waals surface area contributed by atoms with Gasteiger partial charge in [-0.3, -0.25) is 14.6 Å². The molecule has 4 aliphatic rings. The molecule has 2 aromatic rings. The van der Waals surface area contributed by atoms with E-state index in [0.717, 1.165) is 11.1 Å². The molecule has 0 aliphatic carbocycles. The highest BCUT2D eigenvalue weighted by molar-refractivity contribution is 5.74. The molecule has 4 fully saturated rings. The molecular weight excluding hydrogens is 825 g/mol. The molecule has 3 unspecified atom stereocenters. The van der Waals surface area contributed by atoms with E-state index in [0.29, 0.717) is 50.3 Å². The number of carbonyl (C=O) groups is 3. The Labute approximate surface area is 377 Å². The summed E-state index contributed by atoms with van der Waals surface area (Å²) in [5, 5.41) is 19.0. The molecule has 6 heterocycles. The van der Waals surface area contributed by atoms with E-state index in [1.807, 2.05) is 65.7 Å². The molecule has 2 N–H and O–H groups in total. The van der Waals surface area contributed by atoms with E-state index < -0.39 is 77.8 Å². The number of ether oxygens (including phenoxy) is 7. The maximum absolute atomic E-state index is 14.5. The molecule has 4 aliphatic heterocycles. The summed E-state index contributed by atoms with van der Waals surface area (Å²) < 4.78 is 47.6. The molecule has 18 heteroatoms. The van der Waals surface area contributed by atoms with Crippen LogP contribution in [0.2, 0.25) is 0 Å². The van der Waals surface area contributed by atoms with Gasteiger partial charge in [0.05, 0.1) is 61.7 Å².